The molecule has 6 heteroatoms. The highest BCUT2D eigenvalue weighted by Crippen LogP contribution is 2.27. The van der Waals surface area contributed by atoms with Crippen molar-refractivity contribution >= 4 is 11.6 Å². The molecule has 1 aliphatic rings. The van der Waals surface area contributed by atoms with Gasteiger partial charge < -0.3 is 4.74 Å². The first-order valence-corrected chi connectivity index (χ1v) is 6.87. The first-order valence-electron chi connectivity index (χ1n) is 6.49. The number of nitrogens with zero attached hydrogens (tertiary/aromatic N) is 2. The molecule has 1 aromatic heterocycles. The summed E-state index contributed by atoms with van der Waals surface area (Å²) >= 11 is 6.10. The van der Waals surface area contributed by atoms with Crippen LogP contribution in [0.2, 0.25) is 5.02 Å². The van der Waals surface area contributed by atoms with Crippen LogP contribution >= 0.6 is 11.6 Å². The van der Waals surface area contributed by atoms with Crippen molar-refractivity contribution < 1.29 is 9.13 Å². The molecule has 106 valence electrons. The minimum absolute atomic E-state index is 0.118. The monoisotopic (exact) mass is 295 g/mol. The average molecular weight is 296 g/mol. The van der Waals surface area contributed by atoms with Crippen molar-refractivity contribution in [3.8, 4) is 0 Å². The zero-order valence-electron chi connectivity index (χ0n) is 10.9. The molecule has 0 amide bonds. The summed E-state index contributed by atoms with van der Waals surface area (Å²) < 4.78 is 18.6. The highest BCUT2D eigenvalue weighted by atomic mass is 35.5. The Morgan fingerprint density at radius 3 is 3.10 bits per heavy atom. The van der Waals surface area contributed by atoms with Gasteiger partial charge in [-0.25, -0.2) is 4.39 Å². The van der Waals surface area contributed by atoms with Crippen LogP contribution in [-0.4, -0.2) is 34.9 Å². The molecule has 4 nitrogen and oxygen atoms in total. The van der Waals surface area contributed by atoms with Gasteiger partial charge in [0.1, 0.15) is 5.82 Å². The fourth-order valence-electron chi connectivity index (χ4n) is 2.43. The summed E-state index contributed by atoms with van der Waals surface area (Å²) in [5.74, 6) is -0.314. The third-order valence-corrected chi connectivity index (χ3v) is 3.86. The number of aromatic amines is 1. The molecule has 0 aliphatic carbocycles. The van der Waals surface area contributed by atoms with Gasteiger partial charge in [-0.15, -0.1) is 0 Å². The van der Waals surface area contributed by atoms with Crippen molar-refractivity contribution in [3.05, 3.63) is 52.6 Å². The van der Waals surface area contributed by atoms with Gasteiger partial charge in [-0.05, 0) is 23.8 Å². The maximum Gasteiger partial charge on any atom is 0.124 e. The number of halogens is 2. The Kier molecular flexibility index (Phi) is 4.00. The Balaban J connectivity index is 1.80. The number of H-pyrrole nitrogens is 1. The van der Waals surface area contributed by atoms with Crippen LogP contribution in [0.25, 0.3) is 0 Å². The first-order chi connectivity index (χ1) is 9.74. The second kappa shape index (κ2) is 5.91. The third-order valence-electron chi connectivity index (χ3n) is 3.51. The van der Waals surface area contributed by atoms with E-state index >= 15 is 0 Å². The predicted octanol–water partition coefficient (Wildman–Crippen LogP) is 2.78. The Labute approximate surface area is 121 Å². The van der Waals surface area contributed by atoms with E-state index in [0.717, 1.165) is 17.8 Å². The molecule has 1 saturated heterocycles. The topological polar surface area (TPSA) is 41.1 Å². The SMILES string of the molecule is Fc1ccc(CN2CCOCC2c2ccn[nH]2)c(Cl)c1. The summed E-state index contributed by atoms with van der Waals surface area (Å²) in [6.07, 6.45) is 1.73. The molecule has 1 N–H and O–H groups in total. The number of nitrogens with one attached hydrogen (secondary N) is 1. The van der Waals surface area contributed by atoms with E-state index in [9.17, 15) is 4.39 Å². The quantitative estimate of drug-likeness (QED) is 0.947. The molecule has 1 aromatic carbocycles. The van der Waals surface area contributed by atoms with Crippen LogP contribution in [0.5, 0.6) is 0 Å². The van der Waals surface area contributed by atoms with Crippen molar-refractivity contribution in [2.75, 3.05) is 19.8 Å². The maximum atomic E-state index is 13.1. The van der Waals surface area contributed by atoms with E-state index in [1.165, 1.54) is 12.1 Å². The minimum atomic E-state index is -0.314. The van der Waals surface area contributed by atoms with Gasteiger partial charge in [0.15, 0.2) is 0 Å². The van der Waals surface area contributed by atoms with E-state index in [1.54, 1.807) is 12.3 Å². The van der Waals surface area contributed by atoms with Gasteiger partial charge in [0, 0.05) is 24.3 Å². The van der Waals surface area contributed by atoms with Crippen LogP contribution in [0.15, 0.2) is 30.5 Å². The van der Waals surface area contributed by atoms with Gasteiger partial charge >= 0.3 is 0 Å². The Morgan fingerprint density at radius 1 is 1.45 bits per heavy atom. The molecule has 1 fully saturated rings. The molecule has 0 saturated carbocycles. The van der Waals surface area contributed by atoms with E-state index in [4.69, 9.17) is 16.3 Å². The molecule has 1 atom stereocenters. The van der Waals surface area contributed by atoms with Crippen LogP contribution in [0.4, 0.5) is 4.39 Å². The predicted molar refractivity (Wildman–Crippen MR) is 74.0 cm³/mol. The van der Waals surface area contributed by atoms with Gasteiger partial charge in [-0.1, -0.05) is 17.7 Å². The molecule has 0 radical (unpaired) electrons. The van der Waals surface area contributed by atoms with Crippen LogP contribution in [-0.2, 0) is 11.3 Å². The highest BCUT2D eigenvalue weighted by molar-refractivity contribution is 6.31. The standard InChI is InChI=1S/C14H15ClFN3O/c15-12-7-11(16)2-1-10(12)8-19-5-6-20-9-14(19)13-3-4-17-18-13/h1-4,7,14H,5-6,8-9H2,(H,17,18). The van der Waals surface area contributed by atoms with Crippen molar-refractivity contribution in [2.24, 2.45) is 0 Å². The lowest BCUT2D eigenvalue weighted by Crippen LogP contribution is -2.39. The number of ether oxygens (including phenoxy) is 1. The minimum Gasteiger partial charge on any atom is -0.378 e. The zero-order chi connectivity index (χ0) is 13.9. The van der Waals surface area contributed by atoms with E-state index in [2.05, 4.69) is 15.1 Å². The summed E-state index contributed by atoms with van der Waals surface area (Å²) in [7, 11) is 0. The zero-order valence-corrected chi connectivity index (χ0v) is 11.6. The number of morpholine rings is 1. The smallest absolute Gasteiger partial charge is 0.124 e. The normalized spacial score (nSPS) is 20.2. The summed E-state index contributed by atoms with van der Waals surface area (Å²) in [5, 5.41) is 7.43. The highest BCUT2D eigenvalue weighted by Gasteiger charge is 2.26. The molecule has 1 unspecified atom stereocenters. The lowest BCUT2D eigenvalue weighted by molar-refractivity contribution is -0.0142. The first kappa shape index (κ1) is 13.5. The van der Waals surface area contributed by atoms with E-state index < -0.39 is 0 Å². The number of rotatable bonds is 3. The number of hydrogen-bond donors (Lipinski definition) is 1. The molecule has 3 rings (SSSR count). The Morgan fingerprint density at radius 2 is 2.35 bits per heavy atom. The average Bonchev–Trinajstić information content (AvgIpc) is 2.96. The number of aromatic nitrogens is 2. The summed E-state index contributed by atoms with van der Waals surface area (Å²) in [6.45, 7) is 2.76. The van der Waals surface area contributed by atoms with Crippen molar-refractivity contribution in [2.45, 2.75) is 12.6 Å². The van der Waals surface area contributed by atoms with Gasteiger partial charge in [-0.3, -0.25) is 10.00 Å². The maximum absolute atomic E-state index is 13.1. The fourth-order valence-corrected chi connectivity index (χ4v) is 2.66. The van der Waals surface area contributed by atoms with Gasteiger partial charge in [-0.2, -0.15) is 5.10 Å². The van der Waals surface area contributed by atoms with Crippen molar-refractivity contribution in [1.29, 1.82) is 0 Å². The molecular weight excluding hydrogens is 281 g/mol. The van der Waals surface area contributed by atoms with Gasteiger partial charge in [0.05, 0.1) is 24.9 Å². The van der Waals surface area contributed by atoms with E-state index in [-0.39, 0.29) is 11.9 Å². The lowest BCUT2D eigenvalue weighted by atomic mass is 10.1. The van der Waals surface area contributed by atoms with Crippen molar-refractivity contribution in [1.82, 2.24) is 15.1 Å². The molecule has 2 aromatic rings. The van der Waals surface area contributed by atoms with Gasteiger partial charge in [0.2, 0.25) is 0 Å². The van der Waals surface area contributed by atoms with Crippen LogP contribution in [0.3, 0.4) is 0 Å². The van der Waals surface area contributed by atoms with Crippen LogP contribution in [0, 0.1) is 5.82 Å². The summed E-state index contributed by atoms with van der Waals surface area (Å²) in [6, 6.07) is 6.58. The second-order valence-corrected chi connectivity index (χ2v) is 5.22. The third kappa shape index (κ3) is 2.85. The van der Waals surface area contributed by atoms with E-state index in [1.807, 2.05) is 6.07 Å². The molecule has 20 heavy (non-hydrogen) atoms. The molecule has 0 spiro atoms. The molecule has 2 heterocycles. The van der Waals surface area contributed by atoms with Crippen molar-refractivity contribution in [3.63, 3.8) is 0 Å². The largest absolute Gasteiger partial charge is 0.378 e. The Hall–Kier alpha value is -1.43. The molecule has 1 aliphatic heterocycles. The van der Waals surface area contributed by atoms with E-state index in [0.29, 0.717) is 24.8 Å². The lowest BCUT2D eigenvalue weighted by Gasteiger charge is -2.35. The molecular formula is C14H15ClFN3O. The van der Waals surface area contributed by atoms with Crippen LogP contribution < -0.4 is 0 Å². The fraction of sp³-hybridized carbons (Fsp3) is 0.357. The number of hydrogen-bond acceptors (Lipinski definition) is 3. The number of benzene rings is 1. The summed E-state index contributed by atoms with van der Waals surface area (Å²) in [5.41, 5.74) is 1.93. The second-order valence-electron chi connectivity index (χ2n) is 4.81. The van der Waals surface area contributed by atoms with Crippen LogP contribution in [0.1, 0.15) is 17.3 Å². The molecule has 0 bridgehead atoms. The van der Waals surface area contributed by atoms with Gasteiger partial charge in [0.25, 0.3) is 0 Å². The Bertz CT molecular complexity index is 576. The summed E-state index contributed by atoms with van der Waals surface area (Å²) in [4.78, 5) is 2.26.